The molecule has 0 bridgehead atoms. The fourth-order valence-electron chi connectivity index (χ4n) is 3.15. The van der Waals surface area contributed by atoms with Crippen molar-refractivity contribution in [2.45, 2.75) is 43.0 Å². The Morgan fingerprint density at radius 2 is 1.92 bits per heavy atom. The molecule has 148 valence electrons. The third-order valence-electron chi connectivity index (χ3n) is 4.60. The first-order valence-corrected chi connectivity index (χ1v) is 10.6. The Hall–Kier alpha value is -1.31. The maximum absolute atomic E-state index is 12.4. The standard InChI is InChI=1S/C18H28N2O4S.ClH/c1-20(18(21)14-5-3-6-15(19)13-14)11-4-12-24-16-7-9-17(10-8-16)25(2,22)23;/h7-10,14-15H,3-6,11-13,19H2,1-2H3;1H. The second kappa shape index (κ2) is 10.1. The summed E-state index contributed by atoms with van der Waals surface area (Å²) in [6.45, 7) is 1.10. The van der Waals surface area contributed by atoms with Crippen molar-refractivity contribution >= 4 is 28.2 Å². The predicted molar refractivity (Wildman–Crippen MR) is 104 cm³/mol. The number of carbonyl (C=O) groups is 1. The number of ether oxygens (including phenoxy) is 1. The number of hydrogen-bond acceptors (Lipinski definition) is 5. The maximum Gasteiger partial charge on any atom is 0.225 e. The molecule has 1 aliphatic carbocycles. The highest BCUT2D eigenvalue weighted by atomic mass is 35.5. The molecule has 2 rings (SSSR count). The molecule has 1 aromatic carbocycles. The monoisotopic (exact) mass is 404 g/mol. The number of nitrogens with two attached hydrogens (primary N) is 1. The van der Waals surface area contributed by atoms with Crippen LogP contribution in [0.15, 0.2) is 29.2 Å². The molecule has 6 nitrogen and oxygen atoms in total. The van der Waals surface area contributed by atoms with E-state index in [1.165, 1.54) is 18.4 Å². The van der Waals surface area contributed by atoms with Gasteiger partial charge in [-0.1, -0.05) is 6.42 Å². The van der Waals surface area contributed by atoms with Crippen LogP contribution in [0.4, 0.5) is 0 Å². The fraction of sp³-hybridized carbons (Fsp3) is 0.611. The molecule has 0 spiro atoms. The summed E-state index contributed by atoms with van der Waals surface area (Å²) < 4.78 is 28.4. The summed E-state index contributed by atoms with van der Waals surface area (Å²) in [5.74, 6) is 0.852. The first-order valence-electron chi connectivity index (χ1n) is 8.71. The summed E-state index contributed by atoms with van der Waals surface area (Å²) in [6, 6.07) is 6.51. The molecule has 26 heavy (non-hydrogen) atoms. The lowest BCUT2D eigenvalue weighted by Gasteiger charge is -2.29. The highest BCUT2D eigenvalue weighted by molar-refractivity contribution is 7.90. The van der Waals surface area contributed by atoms with Gasteiger partial charge in [0.25, 0.3) is 0 Å². The van der Waals surface area contributed by atoms with E-state index in [9.17, 15) is 13.2 Å². The molecule has 1 fully saturated rings. The minimum atomic E-state index is -3.19. The number of halogens is 1. The zero-order valence-electron chi connectivity index (χ0n) is 15.4. The Morgan fingerprint density at radius 1 is 1.27 bits per heavy atom. The van der Waals surface area contributed by atoms with Crippen LogP contribution in [0.2, 0.25) is 0 Å². The lowest BCUT2D eigenvalue weighted by atomic mass is 9.85. The molecule has 0 radical (unpaired) electrons. The summed E-state index contributed by atoms with van der Waals surface area (Å²) in [6.07, 6.45) is 5.65. The normalized spacial score (nSPS) is 20.1. The van der Waals surface area contributed by atoms with Gasteiger partial charge in [0.05, 0.1) is 11.5 Å². The molecule has 2 N–H and O–H groups in total. The smallest absolute Gasteiger partial charge is 0.225 e. The lowest BCUT2D eigenvalue weighted by molar-refractivity contribution is -0.135. The summed E-state index contributed by atoms with van der Waals surface area (Å²) in [7, 11) is -1.37. The van der Waals surface area contributed by atoms with Crippen molar-refractivity contribution in [2.24, 2.45) is 11.7 Å². The quantitative estimate of drug-likeness (QED) is 0.704. The molecule has 1 aromatic rings. The van der Waals surface area contributed by atoms with E-state index in [1.807, 2.05) is 7.05 Å². The van der Waals surface area contributed by atoms with E-state index >= 15 is 0 Å². The van der Waals surface area contributed by atoms with E-state index < -0.39 is 9.84 Å². The van der Waals surface area contributed by atoms with Gasteiger partial charge in [0, 0.05) is 31.8 Å². The lowest BCUT2D eigenvalue weighted by Crippen LogP contribution is -2.39. The largest absolute Gasteiger partial charge is 0.494 e. The van der Waals surface area contributed by atoms with Gasteiger partial charge in [-0.25, -0.2) is 8.42 Å². The molecule has 8 heteroatoms. The number of amides is 1. The molecule has 0 saturated heterocycles. The van der Waals surface area contributed by atoms with Gasteiger partial charge < -0.3 is 15.4 Å². The minimum Gasteiger partial charge on any atom is -0.494 e. The summed E-state index contributed by atoms with van der Waals surface area (Å²) in [5, 5.41) is 0. The SMILES string of the molecule is CN(CCCOc1ccc(S(C)(=O)=O)cc1)C(=O)C1CCCC(N)C1.Cl. The highest BCUT2D eigenvalue weighted by Crippen LogP contribution is 2.24. The molecule has 1 aliphatic rings. The van der Waals surface area contributed by atoms with Crippen molar-refractivity contribution in [1.29, 1.82) is 0 Å². The Kier molecular flexibility index (Phi) is 8.86. The Balaban J connectivity index is 0.00000338. The second-order valence-corrected chi connectivity index (χ2v) is 8.84. The van der Waals surface area contributed by atoms with Crippen LogP contribution in [0.1, 0.15) is 32.1 Å². The van der Waals surface area contributed by atoms with Crippen molar-refractivity contribution in [3.8, 4) is 5.75 Å². The van der Waals surface area contributed by atoms with Crippen LogP contribution in [-0.4, -0.2) is 51.7 Å². The molecule has 1 saturated carbocycles. The van der Waals surface area contributed by atoms with Crippen LogP contribution < -0.4 is 10.5 Å². The Labute approximate surface area is 162 Å². The zero-order chi connectivity index (χ0) is 18.4. The summed E-state index contributed by atoms with van der Waals surface area (Å²) >= 11 is 0. The van der Waals surface area contributed by atoms with Crippen LogP contribution >= 0.6 is 12.4 Å². The molecule has 1 amide bonds. The second-order valence-electron chi connectivity index (χ2n) is 6.83. The molecule has 0 aromatic heterocycles. The Bertz CT molecular complexity index is 679. The van der Waals surface area contributed by atoms with Crippen molar-refractivity contribution in [3.05, 3.63) is 24.3 Å². The van der Waals surface area contributed by atoms with Gasteiger partial charge in [-0.15, -0.1) is 12.4 Å². The number of rotatable bonds is 7. The molecule has 0 heterocycles. The zero-order valence-corrected chi connectivity index (χ0v) is 17.0. The van der Waals surface area contributed by atoms with E-state index in [0.717, 1.165) is 32.1 Å². The highest BCUT2D eigenvalue weighted by Gasteiger charge is 2.27. The van der Waals surface area contributed by atoms with Crippen molar-refractivity contribution in [1.82, 2.24) is 4.90 Å². The number of carbonyl (C=O) groups excluding carboxylic acids is 1. The van der Waals surface area contributed by atoms with E-state index in [-0.39, 0.29) is 35.2 Å². The van der Waals surface area contributed by atoms with Gasteiger partial charge in [0.1, 0.15) is 5.75 Å². The Morgan fingerprint density at radius 3 is 2.50 bits per heavy atom. The van der Waals surface area contributed by atoms with Gasteiger partial charge in [0.2, 0.25) is 5.91 Å². The van der Waals surface area contributed by atoms with Gasteiger partial charge in [-0.2, -0.15) is 0 Å². The molecule has 2 atom stereocenters. The van der Waals surface area contributed by atoms with Gasteiger partial charge in [-0.05, 0) is 49.9 Å². The molecule has 0 aliphatic heterocycles. The number of benzene rings is 1. The predicted octanol–water partition coefficient (Wildman–Crippen LogP) is 2.26. The number of sulfone groups is 1. The van der Waals surface area contributed by atoms with E-state index in [4.69, 9.17) is 10.5 Å². The fourth-order valence-corrected chi connectivity index (χ4v) is 3.78. The van der Waals surface area contributed by atoms with Crippen molar-refractivity contribution < 1.29 is 17.9 Å². The van der Waals surface area contributed by atoms with Crippen LogP contribution in [0.5, 0.6) is 5.75 Å². The summed E-state index contributed by atoms with van der Waals surface area (Å²) in [5.41, 5.74) is 5.96. The van der Waals surface area contributed by atoms with Crippen LogP contribution in [0.3, 0.4) is 0 Å². The third-order valence-corrected chi connectivity index (χ3v) is 5.73. The van der Waals surface area contributed by atoms with Crippen molar-refractivity contribution in [2.75, 3.05) is 26.5 Å². The molecular formula is C18H29ClN2O4S. The molecular weight excluding hydrogens is 376 g/mol. The number of hydrogen-bond donors (Lipinski definition) is 1. The van der Waals surface area contributed by atoms with E-state index in [1.54, 1.807) is 17.0 Å². The third kappa shape index (κ3) is 6.78. The van der Waals surface area contributed by atoms with Crippen LogP contribution in [0.25, 0.3) is 0 Å². The van der Waals surface area contributed by atoms with E-state index in [0.29, 0.717) is 18.9 Å². The number of nitrogens with zero attached hydrogens (tertiary/aromatic N) is 1. The van der Waals surface area contributed by atoms with Crippen LogP contribution in [-0.2, 0) is 14.6 Å². The van der Waals surface area contributed by atoms with E-state index in [2.05, 4.69) is 0 Å². The van der Waals surface area contributed by atoms with Gasteiger partial charge in [0.15, 0.2) is 9.84 Å². The van der Waals surface area contributed by atoms with Crippen LogP contribution in [0, 0.1) is 5.92 Å². The molecule has 2 unspecified atom stereocenters. The van der Waals surface area contributed by atoms with Gasteiger partial charge >= 0.3 is 0 Å². The average molecular weight is 405 g/mol. The topological polar surface area (TPSA) is 89.7 Å². The summed E-state index contributed by atoms with van der Waals surface area (Å²) in [4.78, 5) is 14.4. The maximum atomic E-state index is 12.4. The average Bonchev–Trinajstić information content (AvgIpc) is 2.57. The van der Waals surface area contributed by atoms with Crippen molar-refractivity contribution in [3.63, 3.8) is 0 Å². The first kappa shape index (κ1) is 22.7. The van der Waals surface area contributed by atoms with Gasteiger partial charge in [-0.3, -0.25) is 4.79 Å². The minimum absolute atomic E-state index is 0. The first-order chi connectivity index (χ1) is 11.8.